The Bertz CT molecular complexity index is 830. The fourth-order valence-corrected chi connectivity index (χ4v) is 2.12. The SMILES string of the molecule is O=c1ccn2cc(-c3ccccc3C(F)(F)F)[nH]c2c1. The Kier molecular flexibility index (Phi) is 2.67. The van der Waals surface area contributed by atoms with E-state index in [9.17, 15) is 18.0 Å². The third kappa shape index (κ3) is 2.09. The van der Waals surface area contributed by atoms with Crippen molar-refractivity contribution in [2.45, 2.75) is 6.18 Å². The van der Waals surface area contributed by atoms with Crippen LogP contribution in [0.25, 0.3) is 16.9 Å². The van der Waals surface area contributed by atoms with Crippen LogP contribution < -0.4 is 5.43 Å². The van der Waals surface area contributed by atoms with Crippen molar-refractivity contribution >= 4 is 5.65 Å². The predicted molar refractivity (Wildman–Crippen MR) is 68.5 cm³/mol. The normalized spacial score (nSPS) is 11.9. The highest BCUT2D eigenvalue weighted by Gasteiger charge is 2.33. The molecule has 0 amide bonds. The van der Waals surface area contributed by atoms with E-state index >= 15 is 0 Å². The van der Waals surface area contributed by atoms with Crippen molar-refractivity contribution in [3.8, 4) is 11.3 Å². The number of hydrogen-bond acceptors (Lipinski definition) is 1. The third-order valence-electron chi connectivity index (χ3n) is 3.01. The van der Waals surface area contributed by atoms with E-state index in [0.717, 1.165) is 6.07 Å². The molecule has 0 aliphatic carbocycles. The fraction of sp³-hybridized carbons (Fsp3) is 0.0714. The topological polar surface area (TPSA) is 37.3 Å². The molecule has 0 saturated carbocycles. The quantitative estimate of drug-likeness (QED) is 0.728. The van der Waals surface area contributed by atoms with Gasteiger partial charge in [0.25, 0.3) is 0 Å². The summed E-state index contributed by atoms with van der Waals surface area (Å²) in [6.07, 6.45) is -1.39. The zero-order valence-corrected chi connectivity index (χ0v) is 10.1. The molecule has 0 spiro atoms. The van der Waals surface area contributed by atoms with E-state index in [1.165, 1.54) is 36.7 Å². The number of pyridine rings is 1. The van der Waals surface area contributed by atoms with Crippen molar-refractivity contribution in [3.05, 3.63) is 64.6 Å². The summed E-state index contributed by atoms with van der Waals surface area (Å²) < 4.78 is 40.5. The van der Waals surface area contributed by atoms with E-state index in [0.29, 0.717) is 11.3 Å². The number of aromatic nitrogens is 2. The van der Waals surface area contributed by atoms with Crippen LogP contribution in [0, 0.1) is 0 Å². The summed E-state index contributed by atoms with van der Waals surface area (Å²) in [6, 6.07) is 7.99. The Labute approximate surface area is 111 Å². The molecule has 102 valence electrons. The van der Waals surface area contributed by atoms with Gasteiger partial charge in [-0.25, -0.2) is 0 Å². The van der Waals surface area contributed by atoms with Gasteiger partial charge in [-0.05, 0) is 6.07 Å². The average Bonchev–Trinajstić information content (AvgIpc) is 2.80. The first-order valence-electron chi connectivity index (χ1n) is 5.83. The second-order valence-electron chi connectivity index (χ2n) is 4.37. The molecule has 20 heavy (non-hydrogen) atoms. The molecule has 0 fully saturated rings. The number of nitrogens with one attached hydrogen (secondary N) is 1. The molecular formula is C14H9F3N2O. The molecule has 1 aromatic carbocycles. The van der Waals surface area contributed by atoms with Crippen molar-refractivity contribution in [2.24, 2.45) is 0 Å². The van der Waals surface area contributed by atoms with E-state index in [2.05, 4.69) is 4.98 Å². The molecule has 0 radical (unpaired) electrons. The van der Waals surface area contributed by atoms with Gasteiger partial charge in [-0.15, -0.1) is 0 Å². The van der Waals surface area contributed by atoms with Crippen LogP contribution in [-0.2, 0) is 6.18 Å². The molecule has 3 nitrogen and oxygen atoms in total. The molecule has 1 N–H and O–H groups in total. The summed E-state index contributed by atoms with van der Waals surface area (Å²) in [4.78, 5) is 14.1. The highest BCUT2D eigenvalue weighted by Crippen LogP contribution is 2.36. The van der Waals surface area contributed by atoms with Crippen LogP contribution in [-0.4, -0.2) is 9.38 Å². The number of imidazole rings is 1. The van der Waals surface area contributed by atoms with E-state index in [4.69, 9.17) is 0 Å². The fourth-order valence-electron chi connectivity index (χ4n) is 2.12. The lowest BCUT2D eigenvalue weighted by Crippen LogP contribution is -2.06. The largest absolute Gasteiger partial charge is 0.417 e. The third-order valence-corrected chi connectivity index (χ3v) is 3.01. The van der Waals surface area contributed by atoms with E-state index < -0.39 is 11.7 Å². The van der Waals surface area contributed by atoms with Crippen LogP contribution in [0.1, 0.15) is 5.56 Å². The number of H-pyrrole nitrogens is 1. The lowest BCUT2D eigenvalue weighted by Gasteiger charge is -2.10. The number of hydrogen-bond donors (Lipinski definition) is 1. The lowest BCUT2D eigenvalue weighted by molar-refractivity contribution is -0.137. The minimum Gasteiger partial charge on any atom is -0.340 e. The minimum atomic E-state index is -4.43. The van der Waals surface area contributed by atoms with Gasteiger partial charge in [0.2, 0.25) is 0 Å². The Morgan fingerprint density at radius 1 is 1.10 bits per heavy atom. The van der Waals surface area contributed by atoms with Gasteiger partial charge in [-0.3, -0.25) is 4.79 Å². The van der Waals surface area contributed by atoms with E-state index in [1.54, 1.807) is 10.5 Å². The van der Waals surface area contributed by atoms with Crippen LogP contribution in [0.3, 0.4) is 0 Å². The van der Waals surface area contributed by atoms with E-state index in [-0.39, 0.29) is 11.0 Å². The number of benzene rings is 1. The minimum absolute atomic E-state index is 0.0520. The van der Waals surface area contributed by atoms with Crippen molar-refractivity contribution in [1.82, 2.24) is 9.38 Å². The monoisotopic (exact) mass is 278 g/mol. The maximum absolute atomic E-state index is 13.0. The highest BCUT2D eigenvalue weighted by molar-refractivity contribution is 5.66. The van der Waals surface area contributed by atoms with Crippen LogP contribution in [0.4, 0.5) is 13.2 Å². The van der Waals surface area contributed by atoms with Crippen LogP contribution >= 0.6 is 0 Å². The summed E-state index contributed by atoms with van der Waals surface area (Å²) in [5, 5.41) is 0. The van der Waals surface area contributed by atoms with Crippen molar-refractivity contribution in [2.75, 3.05) is 0 Å². The van der Waals surface area contributed by atoms with Crippen molar-refractivity contribution in [3.63, 3.8) is 0 Å². The zero-order valence-electron chi connectivity index (χ0n) is 10.1. The first-order valence-corrected chi connectivity index (χ1v) is 5.83. The standard InChI is InChI=1S/C14H9F3N2O/c15-14(16,17)11-4-2-1-3-10(11)12-8-19-6-5-9(20)7-13(19)18-12/h1-8,18H. The summed E-state index contributed by atoms with van der Waals surface area (Å²) in [7, 11) is 0. The molecule has 0 saturated heterocycles. The van der Waals surface area contributed by atoms with Gasteiger partial charge in [0.15, 0.2) is 5.43 Å². The van der Waals surface area contributed by atoms with Gasteiger partial charge in [-0.1, -0.05) is 18.2 Å². The van der Waals surface area contributed by atoms with Crippen molar-refractivity contribution < 1.29 is 13.2 Å². The molecule has 0 unspecified atom stereocenters. The molecule has 3 aromatic rings. The van der Waals surface area contributed by atoms with Gasteiger partial charge in [0, 0.05) is 30.1 Å². The van der Waals surface area contributed by atoms with Gasteiger partial charge in [-0.2, -0.15) is 13.2 Å². The zero-order chi connectivity index (χ0) is 14.3. The summed E-state index contributed by atoms with van der Waals surface area (Å²) in [6.45, 7) is 0. The Morgan fingerprint density at radius 2 is 1.85 bits per heavy atom. The number of fused-ring (bicyclic) bond motifs is 1. The van der Waals surface area contributed by atoms with Gasteiger partial charge in [0.1, 0.15) is 5.65 Å². The average molecular weight is 278 g/mol. The molecule has 0 aliphatic heterocycles. The predicted octanol–water partition coefficient (Wildman–Crippen LogP) is 3.31. The van der Waals surface area contributed by atoms with Gasteiger partial charge in [0.05, 0.1) is 11.3 Å². The van der Waals surface area contributed by atoms with Gasteiger partial charge >= 0.3 is 6.18 Å². The second kappa shape index (κ2) is 4.26. The Morgan fingerprint density at radius 3 is 2.60 bits per heavy atom. The lowest BCUT2D eigenvalue weighted by atomic mass is 10.1. The molecule has 2 aromatic heterocycles. The molecule has 0 aliphatic rings. The molecule has 0 atom stereocenters. The molecule has 0 bridgehead atoms. The number of nitrogens with zero attached hydrogens (tertiary/aromatic N) is 1. The molecular weight excluding hydrogens is 269 g/mol. The summed E-state index contributed by atoms with van der Waals surface area (Å²) in [5.41, 5.74) is -0.110. The molecule has 2 heterocycles. The molecule has 3 rings (SSSR count). The van der Waals surface area contributed by atoms with E-state index in [1.807, 2.05) is 0 Å². The summed E-state index contributed by atoms with van der Waals surface area (Å²) in [5.74, 6) is 0. The first kappa shape index (κ1) is 12.5. The Balaban J connectivity index is 2.23. The number of halogens is 3. The van der Waals surface area contributed by atoms with Crippen LogP contribution in [0.2, 0.25) is 0 Å². The van der Waals surface area contributed by atoms with Gasteiger partial charge < -0.3 is 9.38 Å². The molecule has 6 heteroatoms. The smallest absolute Gasteiger partial charge is 0.340 e. The maximum Gasteiger partial charge on any atom is 0.417 e. The van der Waals surface area contributed by atoms with Crippen LogP contribution in [0.5, 0.6) is 0 Å². The van der Waals surface area contributed by atoms with Crippen LogP contribution in [0.15, 0.2) is 53.6 Å². The summed E-state index contributed by atoms with van der Waals surface area (Å²) >= 11 is 0. The maximum atomic E-state index is 13.0. The first-order chi connectivity index (χ1) is 9.45. The highest BCUT2D eigenvalue weighted by atomic mass is 19.4. The second-order valence-corrected chi connectivity index (χ2v) is 4.37. The number of rotatable bonds is 1. The Hall–Kier alpha value is -2.50. The van der Waals surface area contributed by atoms with Crippen molar-refractivity contribution in [1.29, 1.82) is 0 Å². The number of aromatic amines is 1. The number of alkyl halides is 3.